The molecule has 78 heavy (non-hydrogen) atoms. The maximum Gasteiger partial charge on any atom is 0.128 e. The zero-order valence-corrected chi connectivity index (χ0v) is 42.7. The van der Waals surface area contributed by atoms with E-state index in [0.29, 0.717) is 17.0 Å². The summed E-state index contributed by atoms with van der Waals surface area (Å²) in [5, 5.41) is 2.14. The molecule has 9 aromatic carbocycles. The molecule has 356 valence electrons. The third-order valence-electron chi connectivity index (χ3n) is 16.9. The Labute approximate surface area is 460 Å². The standard InChI is InChI=1S/C68H43B5N4O/c1-38-35-55(74)76-50-27-12-11-23-46(50)47-31-32-49-56(54-36-42(37-78-54)39-17-5-2-6-18-39)48-26-16-30-53-58(48)68(59(49)66(47)76,34-33-43(38)57-60(69)62(71)64(73)63(72)61(57)70)67-75(53)51-28-13-14-29-52(51)77(67)65-44(40-19-7-3-8-20-40)24-15-25-45(65)41-21-9-4-10-22-41/h2-37,56,67H,74H2,1H3/b34-33?,43-38?,55-35+. The Morgan fingerprint density at radius 2 is 1.08 bits per heavy atom. The Balaban J connectivity index is 1.15. The van der Waals surface area contributed by atoms with E-state index in [1.165, 1.54) is 0 Å². The fraction of sp³-hybridized carbons (Fsp3) is 0.0588. The van der Waals surface area contributed by atoms with Crippen LogP contribution in [0.2, 0.25) is 0 Å². The number of furan rings is 1. The molecule has 2 aromatic heterocycles. The van der Waals surface area contributed by atoms with Crippen LogP contribution in [0.25, 0.3) is 66.6 Å². The average molecular weight is 986 g/mol. The van der Waals surface area contributed by atoms with Crippen molar-refractivity contribution in [3.8, 4) is 33.4 Å². The minimum atomic E-state index is -1.05. The molecule has 10 heteroatoms. The van der Waals surface area contributed by atoms with Gasteiger partial charge in [0.05, 0.1) is 45.7 Å². The second kappa shape index (κ2) is 17.3. The highest BCUT2D eigenvalue weighted by molar-refractivity contribution is 6.68. The van der Waals surface area contributed by atoms with Crippen molar-refractivity contribution in [3.05, 3.63) is 258 Å². The van der Waals surface area contributed by atoms with Crippen LogP contribution in [0.4, 0.5) is 22.7 Å². The highest BCUT2D eigenvalue weighted by atomic mass is 16.3. The lowest BCUT2D eigenvalue weighted by atomic mass is 9.59. The summed E-state index contributed by atoms with van der Waals surface area (Å²) in [5.74, 6) is 0.984. The lowest BCUT2D eigenvalue weighted by Gasteiger charge is -2.46. The van der Waals surface area contributed by atoms with Gasteiger partial charge in [-0.2, -0.15) is 0 Å². The molecular formula is C68H43B5N4O. The highest BCUT2D eigenvalue weighted by Crippen LogP contribution is 2.68. The molecule has 3 aliphatic heterocycles. The van der Waals surface area contributed by atoms with E-state index in [0.717, 1.165) is 112 Å². The van der Waals surface area contributed by atoms with Crippen LogP contribution in [0.5, 0.6) is 0 Å². The Morgan fingerprint density at radius 3 is 1.76 bits per heavy atom. The molecular weight excluding hydrogens is 943 g/mol. The van der Waals surface area contributed by atoms with Crippen molar-refractivity contribution < 1.29 is 4.42 Å². The van der Waals surface area contributed by atoms with Gasteiger partial charge in [-0.1, -0.05) is 187 Å². The van der Waals surface area contributed by atoms with Gasteiger partial charge in [-0.15, -0.1) is 16.4 Å². The minimum absolute atomic E-state index is 0.145. The van der Waals surface area contributed by atoms with Gasteiger partial charge in [0, 0.05) is 33.2 Å². The summed E-state index contributed by atoms with van der Waals surface area (Å²) in [6, 6.07) is 69.6. The van der Waals surface area contributed by atoms with Gasteiger partial charge in [0.15, 0.2) is 0 Å². The van der Waals surface area contributed by atoms with Gasteiger partial charge in [-0.25, -0.2) is 0 Å². The molecule has 0 bridgehead atoms. The van der Waals surface area contributed by atoms with Crippen LogP contribution in [0.15, 0.2) is 229 Å². The monoisotopic (exact) mass is 986 g/mol. The molecule has 1 aliphatic carbocycles. The molecule has 0 fully saturated rings. The first-order valence-electron chi connectivity index (χ1n) is 26.3. The summed E-state index contributed by atoms with van der Waals surface area (Å²) in [7, 11) is 34.3. The van der Waals surface area contributed by atoms with E-state index in [-0.39, 0.29) is 33.2 Å². The first kappa shape index (κ1) is 46.3. The molecule has 0 amide bonds. The van der Waals surface area contributed by atoms with Crippen molar-refractivity contribution >= 4 is 122 Å². The van der Waals surface area contributed by atoms with Gasteiger partial charge in [0.25, 0.3) is 0 Å². The number of benzene rings is 9. The van der Waals surface area contributed by atoms with E-state index in [1.54, 1.807) is 0 Å². The zero-order chi connectivity index (χ0) is 52.7. The van der Waals surface area contributed by atoms with Crippen molar-refractivity contribution in [1.29, 1.82) is 0 Å². The Morgan fingerprint density at radius 1 is 0.513 bits per heavy atom. The lowest BCUT2D eigenvalue weighted by Crippen LogP contribution is -2.56. The van der Waals surface area contributed by atoms with E-state index in [1.807, 2.05) is 25.3 Å². The van der Waals surface area contributed by atoms with Crippen LogP contribution >= 0.6 is 0 Å². The maximum absolute atomic E-state index is 7.71. The largest absolute Gasteiger partial charge is 0.468 e. The molecule has 10 radical (unpaired) electrons. The third kappa shape index (κ3) is 6.31. The molecule has 4 aliphatic rings. The minimum Gasteiger partial charge on any atom is -0.468 e. The maximum atomic E-state index is 7.71. The molecule has 1 spiro atoms. The van der Waals surface area contributed by atoms with Crippen molar-refractivity contribution in [2.24, 2.45) is 5.73 Å². The average Bonchev–Trinajstić information content (AvgIpc) is 3.62. The van der Waals surface area contributed by atoms with Crippen molar-refractivity contribution in [2.45, 2.75) is 24.4 Å². The lowest BCUT2D eigenvalue weighted by molar-refractivity contribution is 0.480. The van der Waals surface area contributed by atoms with E-state index in [2.05, 4.69) is 215 Å². The fourth-order valence-corrected chi connectivity index (χ4v) is 13.7. The molecule has 0 saturated heterocycles. The SMILES string of the molecule is [B]c1c([B])c([B])c(C2=C(C)/C=C(\N)n3c4ccccc4c4ccc5c(c43)C3(C=C2)c2c(cccc2N2c4ccccc4N(c4c(-c6ccccc6)cccc4-c4ccccc4)C23)C5c2cc(-c3ccccc3)co2)c([B])c1[B]. The predicted molar refractivity (Wildman–Crippen MR) is 327 cm³/mol. The van der Waals surface area contributed by atoms with Crippen LogP contribution in [-0.4, -0.2) is 50.0 Å². The second-order valence-electron chi connectivity index (χ2n) is 20.9. The summed E-state index contributed by atoms with van der Waals surface area (Å²) < 4.78 is 9.16. The number of para-hydroxylation sites is 4. The van der Waals surface area contributed by atoms with E-state index >= 15 is 0 Å². The predicted octanol–water partition coefficient (Wildman–Crippen LogP) is 10.6. The molecule has 5 nitrogen and oxygen atoms in total. The number of hydrogen-bond acceptors (Lipinski definition) is 4. The normalized spacial score (nSPS) is 18.5. The molecule has 0 saturated carbocycles. The first-order chi connectivity index (χ1) is 38.2. The van der Waals surface area contributed by atoms with Crippen LogP contribution in [-0.2, 0) is 5.41 Å². The van der Waals surface area contributed by atoms with Gasteiger partial charge in [0.1, 0.15) is 57.0 Å². The summed E-state index contributed by atoms with van der Waals surface area (Å²) in [6.07, 6.45) is 8.00. The summed E-state index contributed by atoms with van der Waals surface area (Å²) in [6.45, 7) is 2.03. The number of hydrogen-bond donors (Lipinski definition) is 1. The highest BCUT2D eigenvalue weighted by Gasteiger charge is 2.63. The molecule has 5 heterocycles. The molecule has 2 N–H and O–H groups in total. The number of fused-ring (bicyclic) bond motifs is 7. The topological polar surface area (TPSA) is 50.6 Å². The van der Waals surface area contributed by atoms with Gasteiger partial charge in [-0.3, -0.25) is 4.57 Å². The van der Waals surface area contributed by atoms with Crippen LogP contribution < -0.4 is 42.8 Å². The number of nitrogens with two attached hydrogens (primary N) is 1. The Bertz CT molecular complexity index is 4360. The van der Waals surface area contributed by atoms with Crippen molar-refractivity contribution in [3.63, 3.8) is 0 Å². The second-order valence-corrected chi connectivity index (χ2v) is 20.9. The quantitative estimate of drug-likeness (QED) is 0.169. The van der Waals surface area contributed by atoms with Gasteiger partial charge >= 0.3 is 0 Å². The van der Waals surface area contributed by atoms with Gasteiger partial charge in [-0.05, 0) is 99.0 Å². The Hall–Kier alpha value is -9.00. The number of allylic oxidation sites excluding steroid dienone is 4. The molecule has 3 unspecified atom stereocenters. The smallest absolute Gasteiger partial charge is 0.128 e. The number of aromatic nitrogens is 1. The van der Waals surface area contributed by atoms with Crippen molar-refractivity contribution in [1.82, 2.24) is 4.57 Å². The van der Waals surface area contributed by atoms with Crippen LogP contribution in [0.1, 0.15) is 46.4 Å². The zero-order valence-electron chi connectivity index (χ0n) is 42.7. The number of rotatable bonds is 6. The summed E-state index contributed by atoms with van der Waals surface area (Å²) in [5.41, 5.74) is 26.7. The summed E-state index contributed by atoms with van der Waals surface area (Å²) in [4.78, 5) is 5.20. The van der Waals surface area contributed by atoms with E-state index in [9.17, 15) is 0 Å². The first-order valence-corrected chi connectivity index (χ1v) is 26.3. The van der Waals surface area contributed by atoms with Crippen LogP contribution in [0.3, 0.4) is 0 Å². The van der Waals surface area contributed by atoms with Gasteiger partial charge in [0.2, 0.25) is 0 Å². The van der Waals surface area contributed by atoms with Crippen molar-refractivity contribution in [2.75, 3.05) is 9.80 Å². The molecule has 15 rings (SSSR count). The van der Waals surface area contributed by atoms with E-state index in [4.69, 9.17) is 49.4 Å². The summed E-state index contributed by atoms with van der Waals surface area (Å²) >= 11 is 0. The number of anilines is 4. The Kier molecular flexibility index (Phi) is 10.2. The third-order valence-corrected chi connectivity index (χ3v) is 16.9. The fourth-order valence-electron chi connectivity index (χ4n) is 13.7. The number of nitrogens with zero attached hydrogens (tertiary/aromatic N) is 3. The van der Waals surface area contributed by atoms with Gasteiger partial charge < -0.3 is 20.0 Å². The van der Waals surface area contributed by atoms with Crippen LogP contribution in [0, 0.1) is 0 Å². The van der Waals surface area contributed by atoms with E-state index < -0.39 is 11.6 Å². The molecule has 11 aromatic rings. The molecule has 3 atom stereocenters.